The molecule has 1 heterocycles. The Labute approximate surface area is 144 Å². The molecule has 2 saturated carbocycles. The van der Waals surface area contributed by atoms with Gasteiger partial charge in [0, 0.05) is 24.8 Å². The number of carbonyl (C=O) groups is 2. The highest BCUT2D eigenvalue weighted by molar-refractivity contribution is 5.88. The predicted octanol–water partition coefficient (Wildman–Crippen LogP) is 1.87. The van der Waals surface area contributed by atoms with Crippen LogP contribution in [0, 0.1) is 5.92 Å². The first-order chi connectivity index (χ1) is 11.6. The average Bonchev–Trinajstić information content (AvgIpc) is 3.06. The molecule has 0 bridgehead atoms. The van der Waals surface area contributed by atoms with Gasteiger partial charge in [-0.05, 0) is 32.6 Å². The Morgan fingerprint density at radius 3 is 2.25 bits per heavy atom. The zero-order valence-electron chi connectivity index (χ0n) is 14.6. The molecule has 1 saturated heterocycles. The van der Waals surface area contributed by atoms with Gasteiger partial charge in [-0.3, -0.25) is 9.59 Å². The smallest absolute Gasteiger partial charge is 0.242 e. The minimum absolute atomic E-state index is 0.0349. The zero-order valence-corrected chi connectivity index (χ0v) is 14.6. The molecule has 2 N–H and O–H groups in total. The number of nitrogens with one attached hydrogen (secondary N) is 2. The van der Waals surface area contributed by atoms with Gasteiger partial charge < -0.3 is 20.1 Å². The SMILES string of the molecule is C[C@H](NC(=O)C1CCCCC1)C(=O)NC1CCC2(CC1)OCCO2. The first kappa shape index (κ1) is 17.7. The Bertz CT molecular complexity index is 446. The second kappa shape index (κ2) is 7.83. The first-order valence-corrected chi connectivity index (χ1v) is 9.47. The van der Waals surface area contributed by atoms with Crippen molar-refractivity contribution in [1.82, 2.24) is 10.6 Å². The lowest BCUT2D eigenvalue weighted by Gasteiger charge is -2.36. The molecule has 0 unspecified atom stereocenters. The van der Waals surface area contributed by atoms with E-state index in [4.69, 9.17) is 9.47 Å². The van der Waals surface area contributed by atoms with Crippen molar-refractivity contribution in [3.05, 3.63) is 0 Å². The molecule has 24 heavy (non-hydrogen) atoms. The van der Waals surface area contributed by atoms with Gasteiger partial charge in [0.05, 0.1) is 13.2 Å². The van der Waals surface area contributed by atoms with E-state index in [2.05, 4.69) is 10.6 Å². The summed E-state index contributed by atoms with van der Waals surface area (Å²) in [6.07, 6.45) is 8.71. The van der Waals surface area contributed by atoms with E-state index in [1.165, 1.54) is 6.42 Å². The highest BCUT2D eigenvalue weighted by Gasteiger charge is 2.40. The van der Waals surface area contributed by atoms with Crippen molar-refractivity contribution in [3.8, 4) is 0 Å². The van der Waals surface area contributed by atoms with Gasteiger partial charge in [-0.15, -0.1) is 0 Å². The van der Waals surface area contributed by atoms with E-state index in [1.807, 2.05) is 0 Å². The fourth-order valence-corrected chi connectivity index (χ4v) is 4.08. The van der Waals surface area contributed by atoms with Crippen molar-refractivity contribution in [2.75, 3.05) is 13.2 Å². The van der Waals surface area contributed by atoms with E-state index in [1.54, 1.807) is 6.92 Å². The average molecular weight is 338 g/mol. The lowest BCUT2D eigenvalue weighted by atomic mass is 9.88. The summed E-state index contributed by atoms with van der Waals surface area (Å²) in [5.41, 5.74) is 0. The molecule has 136 valence electrons. The maximum atomic E-state index is 12.4. The lowest BCUT2D eigenvalue weighted by molar-refractivity contribution is -0.180. The van der Waals surface area contributed by atoms with Crippen LogP contribution in [0.5, 0.6) is 0 Å². The maximum absolute atomic E-state index is 12.4. The monoisotopic (exact) mass is 338 g/mol. The largest absolute Gasteiger partial charge is 0.352 e. The summed E-state index contributed by atoms with van der Waals surface area (Å²) in [6.45, 7) is 3.10. The molecule has 1 spiro atoms. The van der Waals surface area contributed by atoms with Gasteiger partial charge in [-0.2, -0.15) is 0 Å². The van der Waals surface area contributed by atoms with Gasteiger partial charge >= 0.3 is 0 Å². The molecule has 0 radical (unpaired) electrons. The van der Waals surface area contributed by atoms with Crippen LogP contribution in [0.2, 0.25) is 0 Å². The molecule has 3 rings (SSSR count). The van der Waals surface area contributed by atoms with Crippen molar-refractivity contribution in [2.24, 2.45) is 5.92 Å². The van der Waals surface area contributed by atoms with Gasteiger partial charge in [0.15, 0.2) is 5.79 Å². The predicted molar refractivity (Wildman–Crippen MR) is 89.2 cm³/mol. The normalized spacial score (nSPS) is 26.2. The van der Waals surface area contributed by atoms with Crippen LogP contribution in [-0.4, -0.2) is 42.9 Å². The van der Waals surface area contributed by atoms with Crippen molar-refractivity contribution in [3.63, 3.8) is 0 Å². The molecule has 1 aliphatic heterocycles. The van der Waals surface area contributed by atoms with Crippen LogP contribution in [0.4, 0.5) is 0 Å². The fraction of sp³-hybridized carbons (Fsp3) is 0.889. The lowest BCUT2D eigenvalue weighted by Crippen LogP contribution is -2.51. The van der Waals surface area contributed by atoms with Gasteiger partial charge in [0.25, 0.3) is 0 Å². The molecule has 6 heteroatoms. The van der Waals surface area contributed by atoms with E-state index in [0.717, 1.165) is 51.4 Å². The molecule has 0 aromatic rings. The highest BCUT2D eigenvalue weighted by Crippen LogP contribution is 2.35. The van der Waals surface area contributed by atoms with Crippen molar-refractivity contribution in [1.29, 1.82) is 0 Å². The van der Waals surface area contributed by atoms with Gasteiger partial charge in [-0.1, -0.05) is 19.3 Å². The van der Waals surface area contributed by atoms with E-state index in [0.29, 0.717) is 13.2 Å². The maximum Gasteiger partial charge on any atom is 0.242 e. The first-order valence-electron chi connectivity index (χ1n) is 9.47. The standard InChI is InChI=1S/C18H30N2O4/c1-13(19-17(22)14-5-3-2-4-6-14)16(21)20-15-7-9-18(10-8-15)23-11-12-24-18/h13-15H,2-12H2,1H3,(H,19,22)(H,20,21)/t13-/m0/s1. The summed E-state index contributed by atoms with van der Waals surface area (Å²) in [5, 5.41) is 5.96. The number of hydrogen-bond donors (Lipinski definition) is 2. The van der Waals surface area contributed by atoms with Crippen LogP contribution < -0.4 is 10.6 Å². The third-order valence-electron chi connectivity index (χ3n) is 5.64. The van der Waals surface area contributed by atoms with Crippen LogP contribution in [0.15, 0.2) is 0 Å². The van der Waals surface area contributed by atoms with E-state index in [9.17, 15) is 9.59 Å². The zero-order chi connectivity index (χ0) is 17.0. The summed E-state index contributed by atoms with van der Waals surface area (Å²) in [7, 11) is 0. The fourth-order valence-electron chi connectivity index (χ4n) is 4.08. The van der Waals surface area contributed by atoms with E-state index in [-0.39, 0.29) is 23.8 Å². The second-order valence-corrected chi connectivity index (χ2v) is 7.46. The Balaban J connectivity index is 1.40. The quantitative estimate of drug-likeness (QED) is 0.820. The summed E-state index contributed by atoms with van der Waals surface area (Å²) < 4.78 is 11.4. The molecule has 3 aliphatic rings. The number of carbonyl (C=O) groups excluding carboxylic acids is 2. The van der Waals surface area contributed by atoms with Crippen LogP contribution in [0.1, 0.15) is 64.7 Å². The molecule has 0 aromatic carbocycles. The third kappa shape index (κ3) is 4.28. The van der Waals surface area contributed by atoms with Crippen LogP contribution in [0.25, 0.3) is 0 Å². The van der Waals surface area contributed by atoms with Crippen LogP contribution >= 0.6 is 0 Å². The Hall–Kier alpha value is -1.14. The Morgan fingerprint density at radius 2 is 1.62 bits per heavy atom. The van der Waals surface area contributed by atoms with E-state index < -0.39 is 11.8 Å². The molecule has 1 atom stereocenters. The molecule has 3 fully saturated rings. The summed E-state index contributed by atoms with van der Waals surface area (Å²) in [6, 6.07) is -0.334. The minimum atomic E-state index is -0.478. The van der Waals surface area contributed by atoms with E-state index >= 15 is 0 Å². The molecule has 2 amide bonds. The molecule has 0 aromatic heterocycles. The third-order valence-corrected chi connectivity index (χ3v) is 5.64. The minimum Gasteiger partial charge on any atom is -0.352 e. The Morgan fingerprint density at radius 1 is 1.00 bits per heavy atom. The number of ether oxygens (including phenoxy) is 2. The summed E-state index contributed by atoms with van der Waals surface area (Å²) in [5.74, 6) is -0.372. The van der Waals surface area contributed by atoms with Gasteiger partial charge in [-0.25, -0.2) is 0 Å². The summed E-state index contributed by atoms with van der Waals surface area (Å²) >= 11 is 0. The van der Waals surface area contributed by atoms with Gasteiger partial charge in [0.2, 0.25) is 11.8 Å². The molecule has 2 aliphatic carbocycles. The van der Waals surface area contributed by atoms with Crippen molar-refractivity contribution in [2.45, 2.75) is 82.6 Å². The van der Waals surface area contributed by atoms with Crippen LogP contribution in [0.3, 0.4) is 0 Å². The van der Waals surface area contributed by atoms with Crippen molar-refractivity contribution < 1.29 is 19.1 Å². The molecule has 6 nitrogen and oxygen atoms in total. The van der Waals surface area contributed by atoms with Gasteiger partial charge in [0.1, 0.15) is 6.04 Å². The topological polar surface area (TPSA) is 76.7 Å². The second-order valence-electron chi connectivity index (χ2n) is 7.46. The highest BCUT2D eigenvalue weighted by atomic mass is 16.7. The van der Waals surface area contributed by atoms with Crippen molar-refractivity contribution >= 4 is 11.8 Å². The summed E-state index contributed by atoms with van der Waals surface area (Å²) in [4.78, 5) is 24.6. The number of hydrogen-bond acceptors (Lipinski definition) is 4. The Kier molecular flexibility index (Phi) is 5.76. The molecular formula is C18H30N2O4. The van der Waals surface area contributed by atoms with Crippen LogP contribution in [-0.2, 0) is 19.1 Å². The molecular weight excluding hydrogens is 308 g/mol. The number of amides is 2. The number of rotatable bonds is 4.